The number of pyridine rings is 1. The number of carbonyl (C=O) groups is 2. The zero-order valence-corrected chi connectivity index (χ0v) is 10.5. The maximum atomic E-state index is 11.8. The van der Waals surface area contributed by atoms with Crippen molar-refractivity contribution in [2.75, 3.05) is 7.05 Å². The number of nitrogens with zero attached hydrogens (tertiary/aromatic N) is 2. The lowest BCUT2D eigenvalue weighted by Gasteiger charge is -2.20. The number of nitrogens with one attached hydrogen (secondary N) is 1. The van der Waals surface area contributed by atoms with Crippen molar-refractivity contribution in [3.8, 4) is 0 Å². The van der Waals surface area contributed by atoms with E-state index in [2.05, 4.69) is 10.3 Å². The molecule has 0 fully saturated rings. The minimum absolute atomic E-state index is 0.349. The quantitative estimate of drug-likeness (QED) is 0.820. The summed E-state index contributed by atoms with van der Waals surface area (Å²) in [5, 5.41) is 11.3. The van der Waals surface area contributed by atoms with E-state index >= 15 is 0 Å². The summed E-state index contributed by atoms with van der Waals surface area (Å²) >= 11 is 0. The van der Waals surface area contributed by atoms with E-state index in [1.807, 2.05) is 6.07 Å². The Labute approximate surface area is 106 Å². The molecule has 6 nitrogen and oxygen atoms in total. The molecular formula is C12H17N3O3. The average Bonchev–Trinajstić information content (AvgIpc) is 2.36. The molecule has 0 bridgehead atoms. The third kappa shape index (κ3) is 4.04. The van der Waals surface area contributed by atoms with Gasteiger partial charge in [-0.15, -0.1) is 0 Å². The molecule has 1 aromatic rings. The van der Waals surface area contributed by atoms with Crippen molar-refractivity contribution in [2.24, 2.45) is 0 Å². The van der Waals surface area contributed by atoms with Gasteiger partial charge in [-0.25, -0.2) is 9.59 Å². The number of aromatic nitrogens is 1. The molecule has 0 aliphatic carbocycles. The number of carboxylic acid groups (broad SMARTS) is 1. The molecule has 2 N–H and O–H groups in total. The SMILES string of the molecule is CC[C@H](NC(=O)N(C)Cc1cccnc1)C(=O)O. The highest BCUT2D eigenvalue weighted by atomic mass is 16.4. The number of hydrogen-bond acceptors (Lipinski definition) is 3. The molecule has 18 heavy (non-hydrogen) atoms. The molecule has 0 saturated heterocycles. The highest BCUT2D eigenvalue weighted by Gasteiger charge is 2.19. The largest absolute Gasteiger partial charge is 0.480 e. The van der Waals surface area contributed by atoms with Crippen LogP contribution in [0.5, 0.6) is 0 Å². The van der Waals surface area contributed by atoms with Gasteiger partial charge in [0, 0.05) is 26.0 Å². The summed E-state index contributed by atoms with van der Waals surface area (Å²) in [5.74, 6) is -1.03. The molecule has 0 saturated carbocycles. The van der Waals surface area contributed by atoms with Crippen molar-refractivity contribution in [2.45, 2.75) is 25.9 Å². The third-order valence-corrected chi connectivity index (χ3v) is 2.49. The van der Waals surface area contributed by atoms with E-state index in [1.165, 1.54) is 4.90 Å². The van der Waals surface area contributed by atoms with Crippen molar-refractivity contribution in [1.29, 1.82) is 0 Å². The lowest BCUT2D eigenvalue weighted by molar-refractivity contribution is -0.139. The first kappa shape index (κ1) is 14.0. The fourth-order valence-corrected chi connectivity index (χ4v) is 1.43. The molecule has 0 aliphatic heterocycles. The van der Waals surface area contributed by atoms with E-state index < -0.39 is 18.0 Å². The van der Waals surface area contributed by atoms with Crippen LogP contribution in [0.4, 0.5) is 4.79 Å². The topological polar surface area (TPSA) is 82.5 Å². The number of carboxylic acids is 1. The molecule has 0 spiro atoms. The standard InChI is InChI=1S/C12H17N3O3/c1-3-10(11(16)17)14-12(18)15(2)8-9-5-4-6-13-7-9/h4-7,10H,3,8H2,1-2H3,(H,14,18)(H,16,17)/t10-/m0/s1. The number of urea groups is 1. The van der Waals surface area contributed by atoms with Crippen LogP contribution in [0.3, 0.4) is 0 Å². The first-order chi connectivity index (χ1) is 8.54. The van der Waals surface area contributed by atoms with Gasteiger partial charge in [0.05, 0.1) is 0 Å². The third-order valence-electron chi connectivity index (χ3n) is 2.49. The summed E-state index contributed by atoms with van der Waals surface area (Å²) < 4.78 is 0. The summed E-state index contributed by atoms with van der Waals surface area (Å²) in [6.45, 7) is 2.09. The second kappa shape index (κ2) is 6.58. The molecule has 0 radical (unpaired) electrons. The summed E-state index contributed by atoms with van der Waals surface area (Å²) in [5.41, 5.74) is 0.888. The van der Waals surface area contributed by atoms with Crippen LogP contribution in [0.1, 0.15) is 18.9 Å². The lowest BCUT2D eigenvalue weighted by atomic mass is 10.2. The molecule has 1 rings (SSSR count). The molecule has 6 heteroatoms. The summed E-state index contributed by atoms with van der Waals surface area (Å²) in [7, 11) is 1.61. The summed E-state index contributed by atoms with van der Waals surface area (Å²) in [6, 6.07) is 2.38. The van der Waals surface area contributed by atoms with Crippen LogP contribution < -0.4 is 5.32 Å². The highest BCUT2D eigenvalue weighted by molar-refractivity contribution is 5.82. The van der Waals surface area contributed by atoms with E-state index in [9.17, 15) is 9.59 Å². The van der Waals surface area contributed by atoms with Gasteiger partial charge in [0.15, 0.2) is 0 Å². The van der Waals surface area contributed by atoms with Crippen LogP contribution in [0, 0.1) is 0 Å². The Balaban J connectivity index is 2.54. The second-order valence-electron chi connectivity index (χ2n) is 3.97. The van der Waals surface area contributed by atoms with Crippen LogP contribution in [0.15, 0.2) is 24.5 Å². The zero-order chi connectivity index (χ0) is 13.5. The monoisotopic (exact) mass is 251 g/mol. The fourth-order valence-electron chi connectivity index (χ4n) is 1.43. The lowest BCUT2D eigenvalue weighted by Crippen LogP contribution is -2.46. The van der Waals surface area contributed by atoms with E-state index in [0.29, 0.717) is 13.0 Å². The molecule has 1 atom stereocenters. The van der Waals surface area contributed by atoms with Gasteiger partial charge in [-0.1, -0.05) is 13.0 Å². The van der Waals surface area contributed by atoms with Gasteiger partial charge in [0.25, 0.3) is 0 Å². The summed E-state index contributed by atoms with van der Waals surface area (Å²) in [4.78, 5) is 27.9. The predicted molar refractivity (Wildman–Crippen MR) is 66.0 cm³/mol. The van der Waals surface area contributed by atoms with Crippen LogP contribution in [-0.4, -0.2) is 40.1 Å². The van der Waals surface area contributed by atoms with Crippen LogP contribution in [0.2, 0.25) is 0 Å². The van der Waals surface area contributed by atoms with Crippen molar-refractivity contribution in [3.63, 3.8) is 0 Å². The van der Waals surface area contributed by atoms with Crippen molar-refractivity contribution in [1.82, 2.24) is 15.2 Å². The van der Waals surface area contributed by atoms with Gasteiger partial charge in [-0.05, 0) is 18.1 Å². The minimum Gasteiger partial charge on any atom is -0.480 e. The zero-order valence-electron chi connectivity index (χ0n) is 10.5. The van der Waals surface area contributed by atoms with Crippen LogP contribution in [-0.2, 0) is 11.3 Å². The van der Waals surface area contributed by atoms with Gasteiger partial charge < -0.3 is 15.3 Å². The molecule has 1 heterocycles. The van der Waals surface area contributed by atoms with Crippen LogP contribution in [0.25, 0.3) is 0 Å². The van der Waals surface area contributed by atoms with Gasteiger partial charge in [-0.2, -0.15) is 0 Å². The second-order valence-corrected chi connectivity index (χ2v) is 3.97. The Kier molecular flexibility index (Phi) is 5.10. The number of carbonyl (C=O) groups excluding carboxylic acids is 1. The van der Waals surface area contributed by atoms with Crippen molar-refractivity contribution < 1.29 is 14.7 Å². The maximum absolute atomic E-state index is 11.8. The van der Waals surface area contributed by atoms with Gasteiger partial charge in [-0.3, -0.25) is 4.98 Å². The Morgan fingerprint density at radius 1 is 1.56 bits per heavy atom. The number of aliphatic carboxylic acids is 1. The Bertz CT molecular complexity index is 408. The molecule has 2 amide bonds. The van der Waals surface area contributed by atoms with Crippen molar-refractivity contribution >= 4 is 12.0 Å². The van der Waals surface area contributed by atoms with Crippen LogP contribution >= 0.6 is 0 Å². The van der Waals surface area contributed by atoms with Gasteiger partial charge in [0.2, 0.25) is 0 Å². The normalized spacial score (nSPS) is 11.7. The first-order valence-corrected chi connectivity index (χ1v) is 5.68. The number of hydrogen-bond donors (Lipinski definition) is 2. The smallest absolute Gasteiger partial charge is 0.326 e. The van der Waals surface area contributed by atoms with Gasteiger partial charge >= 0.3 is 12.0 Å². The van der Waals surface area contributed by atoms with E-state index in [0.717, 1.165) is 5.56 Å². The molecule has 0 aliphatic rings. The average molecular weight is 251 g/mol. The highest BCUT2D eigenvalue weighted by Crippen LogP contribution is 2.01. The summed E-state index contributed by atoms with van der Waals surface area (Å²) in [6.07, 6.45) is 3.67. The first-order valence-electron chi connectivity index (χ1n) is 5.68. The Morgan fingerprint density at radius 2 is 2.28 bits per heavy atom. The molecule has 1 aromatic heterocycles. The molecule has 98 valence electrons. The maximum Gasteiger partial charge on any atom is 0.326 e. The molecule has 0 unspecified atom stereocenters. The van der Waals surface area contributed by atoms with Crippen molar-refractivity contribution in [3.05, 3.63) is 30.1 Å². The van der Waals surface area contributed by atoms with Gasteiger partial charge in [0.1, 0.15) is 6.04 Å². The number of rotatable bonds is 5. The molecular weight excluding hydrogens is 234 g/mol. The van der Waals surface area contributed by atoms with E-state index in [4.69, 9.17) is 5.11 Å². The molecule has 0 aromatic carbocycles. The van der Waals surface area contributed by atoms with E-state index in [-0.39, 0.29) is 0 Å². The predicted octanol–water partition coefficient (Wildman–Crippen LogP) is 1.09. The Hall–Kier alpha value is -2.11. The Morgan fingerprint density at radius 3 is 2.78 bits per heavy atom. The van der Waals surface area contributed by atoms with E-state index in [1.54, 1.807) is 32.4 Å². The minimum atomic E-state index is -1.03. The number of amides is 2. The fraction of sp³-hybridized carbons (Fsp3) is 0.417.